The van der Waals surface area contributed by atoms with Crippen molar-refractivity contribution in [2.45, 2.75) is 26.7 Å². The van der Waals surface area contributed by atoms with E-state index in [0.717, 1.165) is 28.1 Å². The third kappa shape index (κ3) is 5.25. The van der Waals surface area contributed by atoms with Gasteiger partial charge < -0.3 is 19.2 Å². The first-order valence-electron chi connectivity index (χ1n) is 10.3. The lowest BCUT2D eigenvalue weighted by Crippen LogP contribution is -2.23. The zero-order valence-corrected chi connectivity index (χ0v) is 18.1. The minimum Gasteiger partial charge on any atom is -0.494 e. The molecule has 2 aromatic heterocycles. The fourth-order valence-electron chi connectivity index (χ4n) is 3.32. The number of nitrogens with one attached hydrogen (secondary N) is 1. The van der Waals surface area contributed by atoms with Crippen molar-refractivity contribution in [1.29, 1.82) is 0 Å². The Labute approximate surface area is 186 Å². The molecule has 0 unspecified atom stereocenters. The predicted octanol–water partition coefficient (Wildman–Crippen LogP) is 4.43. The molecule has 0 saturated carbocycles. The fourth-order valence-corrected chi connectivity index (χ4v) is 3.32. The predicted molar refractivity (Wildman–Crippen MR) is 120 cm³/mol. The summed E-state index contributed by atoms with van der Waals surface area (Å²) < 4.78 is 18.0. The smallest absolute Gasteiger partial charge is 0.272 e. The van der Waals surface area contributed by atoms with Gasteiger partial charge in [-0.1, -0.05) is 30.3 Å². The number of furan rings is 1. The van der Waals surface area contributed by atoms with Crippen LogP contribution in [0.25, 0.3) is 5.69 Å². The van der Waals surface area contributed by atoms with Crippen molar-refractivity contribution < 1.29 is 18.7 Å². The summed E-state index contributed by atoms with van der Waals surface area (Å²) in [6.07, 6.45) is 3.38. The van der Waals surface area contributed by atoms with Gasteiger partial charge in [-0.05, 0) is 53.9 Å². The number of hydrogen-bond donors (Lipinski definition) is 1. The Morgan fingerprint density at radius 1 is 1.06 bits per heavy atom. The molecule has 0 aliphatic rings. The number of benzene rings is 2. The van der Waals surface area contributed by atoms with Gasteiger partial charge in [0.2, 0.25) is 0 Å². The molecule has 2 heterocycles. The van der Waals surface area contributed by atoms with Gasteiger partial charge in [0.25, 0.3) is 5.91 Å². The highest BCUT2D eigenvalue weighted by Crippen LogP contribution is 2.23. The lowest BCUT2D eigenvalue weighted by Gasteiger charge is -2.09. The number of carbonyl (C=O) groups excluding carboxylic acids is 1. The van der Waals surface area contributed by atoms with E-state index >= 15 is 0 Å². The van der Waals surface area contributed by atoms with E-state index in [-0.39, 0.29) is 5.91 Å². The van der Waals surface area contributed by atoms with Gasteiger partial charge >= 0.3 is 0 Å². The summed E-state index contributed by atoms with van der Waals surface area (Å²) in [5.74, 6) is 1.24. The first-order valence-corrected chi connectivity index (χ1v) is 10.3. The molecule has 0 saturated heterocycles. The molecule has 0 bridgehead atoms. The summed E-state index contributed by atoms with van der Waals surface area (Å²) in [4.78, 5) is 12.6. The Balaban J connectivity index is 1.35. The second-order valence-electron chi connectivity index (χ2n) is 7.40. The van der Waals surface area contributed by atoms with Crippen LogP contribution in [0.3, 0.4) is 0 Å². The lowest BCUT2D eigenvalue weighted by atomic mass is 10.1. The zero-order chi connectivity index (χ0) is 22.3. The molecule has 0 fully saturated rings. The van der Waals surface area contributed by atoms with Crippen molar-refractivity contribution in [1.82, 2.24) is 15.1 Å². The maximum absolute atomic E-state index is 12.6. The van der Waals surface area contributed by atoms with Gasteiger partial charge in [-0.3, -0.25) is 4.79 Å². The molecule has 0 aliphatic heterocycles. The largest absolute Gasteiger partial charge is 0.494 e. The molecule has 0 spiro atoms. The molecule has 2 aromatic carbocycles. The van der Waals surface area contributed by atoms with Gasteiger partial charge in [0, 0.05) is 12.7 Å². The van der Waals surface area contributed by atoms with Crippen LogP contribution in [0.5, 0.6) is 5.75 Å². The Bertz CT molecular complexity index is 1180. The van der Waals surface area contributed by atoms with E-state index in [2.05, 4.69) is 10.4 Å². The van der Waals surface area contributed by atoms with E-state index in [1.54, 1.807) is 30.3 Å². The molecular formula is C25H25N3O4. The molecule has 0 radical (unpaired) electrons. The van der Waals surface area contributed by atoms with Crippen LogP contribution in [0, 0.1) is 6.92 Å². The molecule has 7 nitrogen and oxygen atoms in total. The molecule has 0 aliphatic carbocycles. The quantitative estimate of drug-likeness (QED) is 0.424. The molecule has 7 heteroatoms. The molecule has 32 heavy (non-hydrogen) atoms. The van der Waals surface area contributed by atoms with Crippen LogP contribution in [-0.2, 0) is 24.5 Å². The molecule has 0 atom stereocenters. The van der Waals surface area contributed by atoms with Crippen LogP contribution in [0.15, 0.2) is 77.5 Å². The number of hydrogen-bond acceptors (Lipinski definition) is 5. The molecule has 1 N–H and O–H groups in total. The SMILES string of the molecule is COc1ccc(C)cc1-n1ccc(C(=O)NCc2cccc(COCc3ccco3)c2)n1. The maximum atomic E-state index is 12.6. The first kappa shape index (κ1) is 21.4. The van der Waals surface area contributed by atoms with E-state index in [1.807, 2.05) is 61.5 Å². The summed E-state index contributed by atoms with van der Waals surface area (Å²) >= 11 is 0. The Kier molecular flexibility index (Phi) is 6.67. The number of carbonyl (C=O) groups is 1. The van der Waals surface area contributed by atoms with E-state index in [9.17, 15) is 4.79 Å². The molecule has 164 valence electrons. The van der Waals surface area contributed by atoms with Crippen molar-refractivity contribution in [2.24, 2.45) is 0 Å². The third-order valence-electron chi connectivity index (χ3n) is 4.94. The topological polar surface area (TPSA) is 78.5 Å². The maximum Gasteiger partial charge on any atom is 0.272 e. The first-order chi connectivity index (χ1) is 15.6. The highest BCUT2D eigenvalue weighted by Gasteiger charge is 2.13. The van der Waals surface area contributed by atoms with Crippen LogP contribution in [-0.4, -0.2) is 22.8 Å². The number of rotatable bonds is 9. The normalized spacial score (nSPS) is 10.8. The van der Waals surface area contributed by atoms with Crippen LogP contribution in [0.2, 0.25) is 0 Å². The Morgan fingerprint density at radius 3 is 2.75 bits per heavy atom. The summed E-state index contributed by atoms with van der Waals surface area (Å²) in [6.45, 7) is 3.27. The Morgan fingerprint density at radius 2 is 1.94 bits per heavy atom. The monoisotopic (exact) mass is 431 g/mol. The summed E-state index contributed by atoms with van der Waals surface area (Å²) in [5.41, 5.74) is 4.21. The number of nitrogens with zero attached hydrogens (tertiary/aromatic N) is 2. The minimum atomic E-state index is -0.241. The van der Waals surface area contributed by atoms with Gasteiger partial charge in [-0.15, -0.1) is 0 Å². The standard InChI is InChI=1S/C25H25N3O4/c1-18-8-9-24(30-2)23(13-18)28-11-10-22(27-28)25(29)26-15-19-5-3-6-20(14-19)16-31-17-21-7-4-12-32-21/h3-14H,15-17H2,1-2H3,(H,26,29). The lowest BCUT2D eigenvalue weighted by molar-refractivity contribution is 0.0928. The van der Waals surface area contributed by atoms with E-state index < -0.39 is 0 Å². The summed E-state index contributed by atoms with van der Waals surface area (Å²) in [6, 6.07) is 19.1. The zero-order valence-electron chi connectivity index (χ0n) is 18.1. The summed E-state index contributed by atoms with van der Waals surface area (Å²) in [7, 11) is 1.61. The second-order valence-corrected chi connectivity index (χ2v) is 7.40. The van der Waals surface area contributed by atoms with Crippen molar-refractivity contribution in [3.63, 3.8) is 0 Å². The Hall–Kier alpha value is -3.84. The number of methoxy groups -OCH3 is 1. The second kappa shape index (κ2) is 9.98. The van der Waals surface area contributed by atoms with Gasteiger partial charge in [-0.25, -0.2) is 4.68 Å². The van der Waals surface area contributed by atoms with Crippen molar-refractivity contribution >= 4 is 5.91 Å². The average Bonchev–Trinajstić information content (AvgIpc) is 3.50. The third-order valence-corrected chi connectivity index (χ3v) is 4.94. The number of aryl methyl sites for hydroxylation is 1. The van der Waals surface area contributed by atoms with Gasteiger partial charge in [-0.2, -0.15) is 5.10 Å². The highest BCUT2D eigenvalue weighted by molar-refractivity contribution is 5.92. The molecular weight excluding hydrogens is 406 g/mol. The molecule has 4 rings (SSSR count). The highest BCUT2D eigenvalue weighted by atomic mass is 16.5. The van der Waals surface area contributed by atoms with Crippen molar-refractivity contribution in [2.75, 3.05) is 7.11 Å². The van der Waals surface area contributed by atoms with Gasteiger partial charge in [0.1, 0.15) is 23.8 Å². The summed E-state index contributed by atoms with van der Waals surface area (Å²) in [5, 5.41) is 7.34. The van der Waals surface area contributed by atoms with Crippen LogP contribution >= 0.6 is 0 Å². The molecule has 1 amide bonds. The van der Waals surface area contributed by atoms with Crippen LogP contribution in [0.1, 0.15) is 32.9 Å². The number of aromatic nitrogens is 2. The van der Waals surface area contributed by atoms with E-state index in [4.69, 9.17) is 13.9 Å². The van der Waals surface area contributed by atoms with Gasteiger partial charge in [0.05, 0.1) is 20.0 Å². The number of ether oxygens (including phenoxy) is 2. The minimum absolute atomic E-state index is 0.241. The number of amides is 1. The van der Waals surface area contributed by atoms with Crippen molar-refractivity contribution in [3.8, 4) is 11.4 Å². The van der Waals surface area contributed by atoms with E-state index in [0.29, 0.717) is 31.2 Å². The fraction of sp³-hybridized carbons (Fsp3) is 0.200. The van der Waals surface area contributed by atoms with Gasteiger partial charge in [0.15, 0.2) is 5.69 Å². The van der Waals surface area contributed by atoms with Crippen LogP contribution < -0.4 is 10.1 Å². The van der Waals surface area contributed by atoms with Crippen molar-refractivity contribution in [3.05, 3.63) is 101 Å². The van der Waals surface area contributed by atoms with E-state index in [1.165, 1.54) is 0 Å². The van der Waals surface area contributed by atoms with Crippen LogP contribution in [0.4, 0.5) is 0 Å². The molecule has 4 aromatic rings. The average molecular weight is 431 g/mol.